The quantitative estimate of drug-likeness (QED) is 0.557. The Morgan fingerprint density at radius 2 is 1.84 bits per heavy atom. The number of ether oxygens (including phenoxy) is 1. The molecule has 0 saturated heterocycles. The average molecular weight is 459 g/mol. The van der Waals surface area contributed by atoms with Crippen molar-refractivity contribution in [1.29, 1.82) is 0 Å². The predicted octanol–water partition coefficient (Wildman–Crippen LogP) is 4.93. The second kappa shape index (κ2) is 10.8. The van der Waals surface area contributed by atoms with E-state index in [0.29, 0.717) is 23.9 Å². The van der Waals surface area contributed by atoms with Crippen molar-refractivity contribution in [3.63, 3.8) is 0 Å². The van der Waals surface area contributed by atoms with Gasteiger partial charge in [-0.05, 0) is 62.7 Å². The summed E-state index contributed by atoms with van der Waals surface area (Å²) in [5.41, 5.74) is 0.530. The van der Waals surface area contributed by atoms with Crippen molar-refractivity contribution in [2.24, 2.45) is 0 Å². The third-order valence-corrected chi connectivity index (χ3v) is 6.57. The van der Waals surface area contributed by atoms with E-state index in [4.69, 9.17) is 21.4 Å². The molecule has 172 valence electrons. The second-order valence-electron chi connectivity index (χ2n) is 8.44. The zero-order valence-corrected chi connectivity index (χ0v) is 19.4. The van der Waals surface area contributed by atoms with Crippen LogP contribution in [0.2, 0.25) is 5.02 Å². The van der Waals surface area contributed by atoms with Crippen molar-refractivity contribution in [3.8, 4) is 5.75 Å². The number of nitrogens with one attached hydrogen (secondary N) is 1. The smallest absolute Gasteiger partial charge is 0.335 e. The van der Waals surface area contributed by atoms with Crippen LogP contribution in [0.4, 0.5) is 0 Å². The minimum Gasteiger partial charge on any atom is -0.492 e. The van der Waals surface area contributed by atoms with Crippen molar-refractivity contribution in [1.82, 2.24) is 10.2 Å². The molecule has 0 spiro atoms. The molecule has 6 nitrogen and oxygen atoms in total. The molecule has 2 aromatic carbocycles. The lowest BCUT2D eigenvalue weighted by Gasteiger charge is -2.43. The molecule has 1 aliphatic rings. The van der Waals surface area contributed by atoms with Crippen molar-refractivity contribution in [2.45, 2.75) is 50.6 Å². The van der Waals surface area contributed by atoms with E-state index in [1.165, 1.54) is 0 Å². The van der Waals surface area contributed by atoms with Crippen LogP contribution < -0.4 is 10.1 Å². The molecule has 1 saturated carbocycles. The van der Waals surface area contributed by atoms with Gasteiger partial charge in [-0.3, -0.25) is 9.69 Å². The first-order chi connectivity index (χ1) is 15.3. The van der Waals surface area contributed by atoms with Crippen molar-refractivity contribution < 1.29 is 19.4 Å². The molecule has 1 atom stereocenters. The zero-order valence-electron chi connectivity index (χ0n) is 18.6. The number of likely N-dealkylation sites (N-methyl/N-ethyl adjacent to an activating group) is 1. The molecule has 1 aliphatic carbocycles. The zero-order chi connectivity index (χ0) is 23.1. The van der Waals surface area contributed by atoms with Crippen LogP contribution in [0.1, 0.15) is 61.0 Å². The number of benzene rings is 2. The maximum Gasteiger partial charge on any atom is 0.335 e. The maximum atomic E-state index is 13.5. The van der Waals surface area contributed by atoms with Gasteiger partial charge in [-0.15, -0.1) is 0 Å². The predicted molar refractivity (Wildman–Crippen MR) is 125 cm³/mol. The number of carbonyl (C=O) groups is 2. The third-order valence-electron chi connectivity index (χ3n) is 6.33. The number of carboxylic acid groups (broad SMARTS) is 1. The summed E-state index contributed by atoms with van der Waals surface area (Å²) in [5.74, 6) is -0.236. The molecule has 0 heterocycles. The number of hydrogen-bond donors (Lipinski definition) is 2. The number of aromatic carboxylic acids is 1. The Morgan fingerprint density at radius 3 is 2.47 bits per heavy atom. The van der Waals surface area contributed by atoms with Gasteiger partial charge in [-0.2, -0.15) is 0 Å². The van der Waals surface area contributed by atoms with Gasteiger partial charge in [0.05, 0.1) is 11.6 Å². The van der Waals surface area contributed by atoms with E-state index in [1.807, 2.05) is 26.1 Å². The van der Waals surface area contributed by atoms with Crippen LogP contribution in [0.5, 0.6) is 5.75 Å². The monoisotopic (exact) mass is 458 g/mol. The molecular formula is C25H31ClN2O4. The molecule has 1 amide bonds. The summed E-state index contributed by atoms with van der Waals surface area (Å²) in [6.07, 6.45) is 4.76. The van der Waals surface area contributed by atoms with Crippen molar-refractivity contribution in [2.75, 3.05) is 20.2 Å². The Morgan fingerprint density at radius 1 is 1.16 bits per heavy atom. The highest BCUT2D eigenvalue weighted by atomic mass is 35.5. The number of halogens is 1. The SMILES string of the molecule is CC(NC(=O)C1(N(C)CCOc2cccc(Cl)c2)CCCCC1)c1ccc(C(=O)O)cc1. The normalized spacial score (nSPS) is 16.4. The van der Waals surface area contributed by atoms with Crippen molar-refractivity contribution >= 4 is 23.5 Å². The van der Waals surface area contributed by atoms with Gasteiger partial charge in [0.15, 0.2) is 0 Å². The fourth-order valence-corrected chi connectivity index (χ4v) is 4.50. The first-order valence-electron chi connectivity index (χ1n) is 11.1. The minimum absolute atomic E-state index is 0.0114. The van der Waals surface area contributed by atoms with Crippen LogP contribution in [-0.4, -0.2) is 47.6 Å². The first kappa shape index (κ1) is 24.1. The van der Waals surface area contributed by atoms with E-state index in [0.717, 1.165) is 37.7 Å². The molecular weight excluding hydrogens is 428 g/mol. The Balaban J connectivity index is 1.65. The molecule has 0 radical (unpaired) electrons. The molecule has 2 N–H and O–H groups in total. The summed E-state index contributed by atoms with van der Waals surface area (Å²) >= 11 is 6.02. The maximum absolute atomic E-state index is 13.5. The number of amides is 1. The highest BCUT2D eigenvalue weighted by molar-refractivity contribution is 6.30. The third kappa shape index (κ3) is 5.81. The van der Waals surface area contributed by atoms with Crippen LogP contribution in [0.15, 0.2) is 48.5 Å². The molecule has 7 heteroatoms. The van der Waals surface area contributed by atoms with E-state index in [-0.39, 0.29) is 17.5 Å². The van der Waals surface area contributed by atoms with Crippen LogP contribution in [0.3, 0.4) is 0 Å². The van der Waals surface area contributed by atoms with Crippen molar-refractivity contribution in [3.05, 3.63) is 64.7 Å². The molecule has 0 aromatic heterocycles. The van der Waals surface area contributed by atoms with E-state index in [9.17, 15) is 9.59 Å². The van der Waals surface area contributed by atoms with E-state index in [1.54, 1.807) is 36.4 Å². The summed E-state index contributed by atoms with van der Waals surface area (Å²) in [7, 11) is 1.98. The number of hydrogen-bond acceptors (Lipinski definition) is 4. The summed E-state index contributed by atoms with van der Waals surface area (Å²) < 4.78 is 5.85. The van der Waals surface area contributed by atoms with Gasteiger partial charge < -0.3 is 15.2 Å². The van der Waals surface area contributed by atoms with E-state index >= 15 is 0 Å². The van der Waals surface area contributed by atoms with Gasteiger partial charge in [0, 0.05) is 11.6 Å². The fourth-order valence-electron chi connectivity index (χ4n) is 4.32. The molecule has 1 unspecified atom stereocenters. The molecule has 0 bridgehead atoms. The minimum atomic E-state index is -0.962. The van der Waals surface area contributed by atoms with Crippen LogP contribution in [0, 0.1) is 0 Å². The second-order valence-corrected chi connectivity index (χ2v) is 8.88. The van der Waals surface area contributed by atoms with Crippen LogP contribution >= 0.6 is 11.6 Å². The molecule has 32 heavy (non-hydrogen) atoms. The fraction of sp³-hybridized carbons (Fsp3) is 0.440. The highest BCUT2D eigenvalue weighted by Gasteiger charge is 2.43. The standard InChI is InChI=1S/C25H31ClN2O4/c1-18(19-9-11-20(12-10-19)23(29)30)27-24(31)25(13-4-3-5-14-25)28(2)15-16-32-22-8-6-7-21(26)17-22/h6-12,17-18H,3-5,13-16H2,1-2H3,(H,27,31)(H,29,30). The Kier molecular flexibility index (Phi) is 8.15. The summed E-state index contributed by atoms with van der Waals surface area (Å²) in [5, 5.41) is 12.9. The molecule has 3 rings (SSSR count). The van der Waals surface area contributed by atoms with Gasteiger partial charge >= 0.3 is 5.97 Å². The lowest BCUT2D eigenvalue weighted by molar-refractivity contribution is -0.136. The van der Waals surface area contributed by atoms with E-state index < -0.39 is 11.5 Å². The summed E-state index contributed by atoms with van der Waals surface area (Å²) in [4.78, 5) is 26.7. The first-order valence-corrected chi connectivity index (χ1v) is 11.4. The summed E-state index contributed by atoms with van der Waals surface area (Å²) in [6.45, 7) is 2.99. The largest absolute Gasteiger partial charge is 0.492 e. The van der Waals surface area contributed by atoms with Crippen LogP contribution in [-0.2, 0) is 4.79 Å². The van der Waals surface area contributed by atoms with Crippen LogP contribution in [0.25, 0.3) is 0 Å². The molecule has 0 aliphatic heterocycles. The average Bonchev–Trinajstić information content (AvgIpc) is 2.79. The Hall–Kier alpha value is -2.57. The molecule has 1 fully saturated rings. The summed E-state index contributed by atoms with van der Waals surface area (Å²) in [6, 6.07) is 13.7. The van der Waals surface area contributed by atoms with Gasteiger partial charge in [-0.25, -0.2) is 4.79 Å². The van der Waals surface area contributed by atoms with Gasteiger partial charge in [0.25, 0.3) is 0 Å². The number of carboxylic acids is 1. The van der Waals surface area contributed by atoms with Gasteiger partial charge in [-0.1, -0.05) is 49.1 Å². The van der Waals surface area contributed by atoms with Gasteiger partial charge in [0.2, 0.25) is 5.91 Å². The molecule has 2 aromatic rings. The number of nitrogens with zero attached hydrogens (tertiary/aromatic N) is 1. The lowest BCUT2D eigenvalue weighted by atomic mass is 9.79. The Bertz CT molecular complexity index is 926. The lowest BCUT2D eigenvalue weighted by Crippen LogP contribution is -2.59. The number of carbonyl (C=O) groups excluding carboxylic acids is 1. The van der Waals surface area contributed by atoms with Gasteiger partial charge in [0.1, 0.15) is 17.9 Å². The van der Waals surface area contributed by atoms with E-state index in [2.05, 4.69) is 10.2 Å². The Labute approximate surface area is 194 Å². The highest BCUT2D eigenvalue weighted by Crippen LogP contribution is 2.34. The number of rotatable bonds is 9. The topological polar surface area (TPSA) is 78.9 Å².